The largest absolute Gasteiger partial charge is 0.416 e. The number of carbonyl (C=O) groups is 1. The number of aliphatic hydroxyl groups is 1. The van der Waals surface area contributed by atoms with Crippen molar-refractivity contribution in [1.82, 2.24) is 14.5 Å². The zero-order chi connectivity index (χ0) is 28.0. The summed E-state index contributed by atoms with van der Waals surface area (Å²) in [5, 5.41) is 13.6. The molecule has 1 aliphatic heterocycles. The van der Waals surface area contributed by atoms with E-state index in [1.807, 2.05) is 26.0 Å². The summed E-state index contributed by atoms with van der Waals surface area (Å²) >= 11 is 0. The van der Waals surface area contributed by atoms with Crippen LogP contribution >= 0.6 is 0 Å². The Bertz CT molecular complexity index is 1430. The molecule has 1 amide bonds. The van der Waals surface area contributed by atoms with Crippen LogP contribution in [0, 0.1) is 13.8 Å². The molecule has 2 N–H and O–H groups in total. The van der Waals surface area contributed by atoms with Gasteiger partial charge in [0.1, 0.15) is 6.23 Å². The lowest BCUT2D eigenvalue weighted by molar-refractivity contribution is -0.137. The van der Waals surface area contributed by atoms with Crippen LogP contribution in [0.2, 0.25) is 0 Å². The van der Waals surface area contributed by atoms with Gasteiger partial charge in [0, 0.05) is 18.5 Å². The summed E-state index contributed by atoms with van der Waals surface area (Å²) in [7, 11) is 0. The number of alkyl halides is 3. The van der Waals surface area contributed by atoms with Gasteiger partial charge in [0.05, 0.1) is 28.9 Å². The minimum absolute atomic E-state index is 0.0578. The summed E-state index contributed by atoms with van der Waals surface area (Å²) < 4.78 is 40.1. The predicted octanol–water partition coefficient (Wildman–Crippen LogP) is 4.94. The number of aryl methyl sites for hydroxylation is 2. The van der Waals surface area contributed by atoms with Crippen LogP contribution in [0.15, 0.2) is 47.3 Å². The molecule has 10 heteroatoms. The van der Waals surface area contributed by atoms with Gasteiger partial charge in [-0.3, -0.25) is 14.2 Å². The highest BCUT2D eigenvalue weighted by atomic mass is 19.4. The Morgan fingerprint density at radius 1 is 1.05 bits per heavy atom. The molecule has 1 aliphatic rings. The maximum Gasteiger partial charge on any atom is 0.416 e. The van der Waals surface area contributed by atoms with Gasteiger partial charge >= 0.3 is 6.18 Å². The van der Waals surface area contributed by atoms with Gasteiger partial charge in [-0.1, -0.05) is 18.2 Å². The molecule has 0 saturated carbocycles. The van der Waals surface area contributed by atoms with Crippen molar-refractivity contribution < 1.29 is 23.1 Å². The second kappa shape index (κ2) is 9.90. The molecular formula is C28H31F3N4O3. The van der Waals surface area contributed by atoms with Crippen LogP contribution in [0.4, 0.5) is 19.1 Å². The smallest absolute Gasteiger partial charge is 0.373 e. The molecule has 2 heterocycles. The van der Waals surface area contributed by atoms with Gasteiger partial charge in [0.15, 0.2) is 0 Å². The van der Waals surface area contributed by atoms with E-state index in [1.54, 1.807) is 24.8 Å². The number of hydrogen-bond acceptors (Lipinski definition) is 5. The molecule has 202 valence electrons. The normalized spacial score (nSPS) is 14.7. The van der Waals surface area contributed by atoms with Gasteiger partial charge in [0.25, 0.3) is 11.5 Å². The first kappa shape index (κ1) is 27.4. The molecule has 3 aromatic rings. The summed E-state index contributed by atoms with van der Waals surface area (Å²) in [6.07, 6.45) is -5.34. The maximum atomic E-state index is 13.5. The maximum absolute atomic E-state index is 13.5. The second-order valence-corrected chi connectivity index (χ2v) is 10.3. The lowest BCUT2D eigenvalue weighted by Gasteiger charge is -2.32. The SMILES string of the molecule is Cc1ccc(C(=O)N2CCc3nc(NC(C)(C)c4ccc(C(F)(F)F)cc4)n(C(C)O)c(=O)c3C2)cc1C. The van der Waals surface area contributed by atoms with Gasteiger partial charge in [-0.25, -0.2) is 4.98 Å². The zero-order valence-electron chi connectivity index (χ0n) is 22.0. The van der Waals surface area contributed by atoms with Gasteiger partial charge in [-0.2, -0.15) is 13.2 Å². The Hall–Kier alpha value is -3.66. The molecular weight excluding hydrogens is 497 g/mol. The molecule has 1 atom stereocenters. The van der Waals surface area contributed by atoms with Crippen LogP contribution in [-0.4, -0.2) is 32.0 Å². The van der Waals surface area contributed by atoms with Crippen molar-refractivity contribution in [2.75, 3.05) is 11.9 Å². The number of anilines is 1. The summed E-state index contributed by atoms with van der Waals surface area (Å²) in [5.41, 5.74) is 1.84. The summed E-state index contributed by atoms with van der Waals surface area (Å²) in [4.78, 5) is 32.9. The number of nitrogens with one attached hydrogen (secondary N) is 1. The number of aromatic nitrogens is 2. The number of benzene rings is 2. The van der Waals surface area contributed by atoms with Crippen LogP contribution in [0.5, 0.6) is 0 Å². The fourth-order valence-electron chi connectivity index (χ4n) is 4.58. The van der Waals surface area contributed by atoms with E-state index in [9.17, 15) is 27.9 Å². The molecule has 2 aromatic carbocycles. The number of fused-ring (bicyclic) bond motifs is 1. The summed E-state index contributed by atoms with van der Waals surface area (Å²) in [6, 6.07) is 10.2. The molecule has 1 unspecified atom stereocenters. The number of amides is 1. The van der Waals surface area contributed by atoms with E-state index < -0.39 is 29.1 Å². The number of nitrogens with zero attached hydrogens (tertiary/aromatic N) is 3. The van der Waals surface area contributed by atoms with E-state index >= 15 is 0 Å². The quantitative estimate of drug-likeness (QED) is 0.490. The molecule has 4 rings (SSSR count). The standard InChI is InChI=1S/C28H31F3N4O3/c1-16-6-7-19(14-17(16)2)24(37)34-13-12-23-22(15-34)25(38)35(18(3)36)26(32-23)33-27(4,5)20-8-10-21(11-9-20)28(29,30)31/h6-11,14,18,36H,12-13,15H2,1-5H3,(H,32,33). The minimum atomic E-state index is -4.45. The monoisotopic (exact) mass is 528 g/mol. The van der Waals surface area contributed by atoms with Crippen LogP contribution in [0.25, 0.3) is 0 Å². The predicted molar refractivity (Wildman–Crippen MR) is 138 cm³/mol. The van der Waals surface area contributed by atoms with Crippen molar-refractivity contribution in [1.29, 1.82) is 0 Å². The summed E-state index contributed by atoms with van der Waals surface area (Å²) in [5.74, 6) is -0.0880. The summed E-state index contributed by atoms with van der Waals surface area (Å²) in [6.45, 7) is 9.24. The molecule has 38 heavy (non-hydrogen) atoms. The van der Waals surface area contributed by atoms with Crippen molar-refractivity contribution in [3.63, 3.8) is 0 Å². The van der Waals surface area contributed by atoms with E-state index in [0.717, 1.165) is 27.8 Å². The molecule has 0 radical (unpaired) electrons. The minimum Gasteiger partial charge on any atom is -0.373 e. The molecule has 0 saturated heterocycles. The third kappa shape index (κ3) is 5.31. The zero-order valence-corrected chi connectivity index (χ0v) is 22.0. The van der Waals surface area contributed by atoms with Crippen molar-refractivity contribution >= 4 is 11.9 Å². The van der Waals surface area contributed by atoms with E-state index in [4.69, 9.17) is 0 Å². The molecule has 1 aromatic heterocycles. The highest BCUT2D eigenvalue weighted by molar-refractivity contribution is 5.94. The van der Waals surface area contributed by atoms with Gasteiger partial charge in [0.2, 0.25) is 5.95 Å². The van der Waals surface area contributed by atoms with Gasteiger partial charge in [-0.05, 0) is 75.6 Å². The number of aliphatic hydroxyl groups excluding tert-OH is 1. The first-order valence-electron chi connectivity index (χ1n) is 12.3. The first-order valence-corrected chi connectivity index (χ1v) is 12.3. The van der Waals surface area contributed by atoms with Crippen molar-refractivity contribution in [2.24, 2.45) is 0 Å². The number of carbonyl (C=O) groups excluding carboxylic acids is 1. The van der Waals surface area contributed by atoms with Crippen LogP contribution in [0.3, 0.4) is 0 Å². The second-order valence-electron chi connectivity index (χ2n) is 10.3. The Balaban J connectivity index is 1.65. The van der Waals surface area contributed by atoms with E-state index in [-0.39, 0.29) is 18.4 Å². The molecule has 0 spiro atoms. The first-order chi connectivity index (χ1) is 17.7. The van der Waals surface area contributed by atoms with Crippen LogP contribution in [-0.2, 0) is 24.7 Å². The fraction of sp³-hybridized carbons (Fsp3) is 0.393. The fourth-order valence-corrected chi connectivity index (χ4v) is 4.58. The van der Waals surface area contributed by atoms with Crippen molar-refractivity contribution in [3.05, 3.63) is 91.9 Å². The van der Waals surface area contributed by atoms with Gasteiger partial charge in [-0.15, -0.1) is 0 Å². The highest BCUT2D eigenvalue weighted by Crippen LogP contribution is 2.32. The Labute approximate surface area is 218 Å². The van der Waals surface area contributed by atoms with E-state index in [1.165, 1.54) is 19.1 Å². The Morgan fingerprint density at radius 3 is 2.26 bits per heavy atom. The number of hydrogen-bond donors (Lipinski definition) is 2. The lowest BCUT2D eigenvalue weighted by Crippen LogP contribution is -2.43. The topological polar surface area (TPSA) is 87.5 Å². The van der Waals surface area contributed by atoms with Crippen LogP contribution < -0.4 is 10.9 Å². The van der Waals surface area contributed by atoms with Crippen molar-refractivity contribution in [2.45, 2.75) is 65.5 Å². The molecule has 7 nitrogen and oxygen atoms in total. The molecule has 0 bridgehead atoms. The Kier molecular flexibility index (Phi) is 7.13. The van der Waals surface area contributed by atoms with Crippen LogP contribution in [0.1, 0.15) is 70.9 Å². The number of rotatable bonds is 5. The average Bonchev–Trinajstić information content (AvgIpc) is 2.84. The van der Waals surface area contributed by atoms with Gasteiger partial charge < -0.3 is 15.3 Å². The third-order valence-electron chi connectivity index (χ3n) is 7.03. The van der Waals surface area contributed by atoms with E-state index in [0.29, 0.717) is 35.3 Å². The third-order valence-corrected chi connectivity index (χ3v) is 7.03. The van der Waals surface area contributed by atoms with Crippen molar-refractivity contribution in [3.8, 4) is 0 Å². The molecule has 0 fully saturated rings. The number of halogens is 3. The lowest BCUT2D eigenvalue weighted by atomic mass is 9.93. The Morgan fingerprint density at radius 2 is 1.68 bits per heavy atom. The van der Waals surface area contributed by atoms with E-state index in [2.05, 4.69) is 10.3 Å². The average molecular weight is 529 g/mol. The molecule has 0 aliphatic carbocycles. The highest BCUT2D eigenvalue weighted by Gasteiger charge is 2.32.